The van der Waals surface area contributed by atoms with Crippen molar-refractivity contribution in [1.82, 2.24) is 4.57 Å². The Bertz CT molecular complexity index is 1370. The molecule has 2 heteroatoms. The van der Waals surface area contributed by atoms with Gasteiger partial charge >= 0.3 is 0 Å². The molecule has 1 unspecified atom stereocenters. The fourth-order valence-corrected chi connectivity index (χ4v) is 4.66. The van der Waals surface area contributed by atoms with Gasteiger partial charge in [0.2, 0.25) is 0 Å². The molecule has 0 amide bonds. The zero-order valence-electron chi connectivity index (χ0n) is 18.4. The number of rotatable bonds is 6. The minimum absolute atomic E-state index is 0.294. The summed E-state index contributed by atoms with van der Waals surface area (Å²) in [5.74, 6) is 0. The van der Waals surface area contributed by atoms with Crippen molar-refractivity contribution in [2.75, 3.05) is 6.61 Å². The molecule has 1 aliphatic rings. The second kappa shape index (κ2) is 8.57. The Morgan fingerprint density at radius 1 is 0.727 bits per heavy atom. The first-order valence-electron chi connectivity index (χ1n) is 11.5. The first-order chi connectivity index (χ1) is 16.4. The Morgan fingerprint density at radius 3 is 1.88 bits per heavy atom. The van der Waals surface area contributed by atoms with Crippen molar-refractivity contribution >= 4 is 22.6 Å². The van der Waals surface area contributed by atoms with Gasteiger partial charge in [0.15, 0.2) is 0 Å². The maximum atomic E-state index is 5.64. The molecule has 0 bridgehead atoms. The quantitative estimate of drug-likeness (QED) is 0.260. The first kappa shape index (κ1) is 19.8. The predicted octanol–water partition coefficient (Wildman–Crippen LogP) is 7.30. The zero-order valence-corrected chi connectivity index (χ0v) is 18.4. The third kappa shape index (κ3) is 3.90. The lowest BCUT2D eigenvalue weighted by Gasteiger charge is -2.13. The maximum Gasteiger partial charge on any atom is 0.0988 e. The Labute approximate surface area is 194 Å². The van der Waals surface area contributed by atoms with E-state index in [2.05, 4.69) is 126 Å². The second-order valence-electron chi connectivity index (χ2n) is 8.50. The molecule has 160 valence electrons. The Balaban J connectivity index is 1.66. The monoisotopic (exact) mass is 427 g/mol. The summed E-state index contributed by atoms with van der Waals surface area (Å²) in [4.78, 5) is 0. The summed E-state index contributed by atoms with van der Waals surface area (Å²) in [5.41, 5.74) is 8.62. The van der Waals surface area contributed by atoms with Crippen molar-refractivity contribution in [3.63, 3.8) is 0 Å². The second-order valence-corrected chi connectivity index (χ2v) is 8.50. The van der Waals surface area contributed by atoms with Crippen LogP contribution in [0, 0.1) is 0 Å². The molecule has 2 nitrogen and oxygen atoms in total. The number of nitrogens with zero attached hydrogens (tertiary/aromatic N) is 1. The summed E-state index contributed by atoms with van der Waals surface area (Å²) >= 11 is 0. The molecule has 1 atom stereocenters. The molecule has 4 aromatic carbocycles. The molecule has 33 heavy (non-hydrogen) atoms. The summed E-state index contributed by atoms with van der Waals surface area (Å²) in [7, 11) is 0. The van der Waals surface area contributed by atoms with E-state index in [1.807, 2.05) is 0 Å². The van der Waals surface area contributed by atoms with Gasteiger partial charge in [0.05, 0.1) is 24.9 Å². The van der Waals surface area contributed by atoms with Gasteiger partial charge < -0.3 is 9.30 Å². The third-order valence-electron chi connectivity index (χ3n) is 6.30. The molecule has 0 radical (unpaired) electrons. The van der Waals surface area contributed by atoms with Crippen LogP contribution in [0.3, 0.4) is 0 Å². The van der Waals surface area contributed by atoms with Gasteiger partial charge in [-0.3, -0.25) is 0 Å². The van der Waals surface area contributed by atoms with Crippen LogP contribution >= 0.6 is 0 Å². The maximum absolute atomic E-state index is 5.64. The van der Waals surface area contributed by atoms with Crippen LogP contribution in [0.5, 0.6) is 0 Å². The van der Waals surface area contributed by atoms with Gasteiger partial charge in [-0.15, -0.1) is 0 Å². The van der Waals surface area contributed by atoms with Gasteiger partial charge in [-0.2, -0.15) is 0 Å². The number of epoxide rings is 1. The van der Waals surface area contributed by atoms with Gasteiger partial charge in [-0.05, 0) is 34.4 Å². The minimum Gasteiger partial charge on any atom is -0.371 e. The smallest absolute Gasteiger partial charge is 0.0988 e. The van der Waals surface area contributed by atoms with Crippen LogP contribution in [-0.4, -0.2) is 17.3 Å². The molecule has 6 rings (SSSR count). The van der Waals surface area contributed by atoms with E-state index < -0.39 is 0 Å². The molecule has 0 saturated carbocycles. The normalized spacial score (nSPS) is 14.8. The molecule has 1 aromatic heterocycles. The fraction of sp³-hybridized carbons (Fsp3) is 0.0968. The first-order valence-corrected chi connectivity index (χ1v) is 11.5. The lowest BCUT2D eigenvalue weighted by atomic mass is 9.94. The molecule has 0 aliphatic carbocycles. The predicted molar refractivity (Wildman–Crippen MR) is 137 cm³/mol. The number of hydrogen-bond donors (Lipinski definition) is 0. The van der Waals surface area contributed by atoms with Crippen LogP contribution in [0.2, 0.25) is 0 Å². The number of ether oxygens (including phenoxy) is 1. The van der Waals surface area contributed by atoms with Gasteiger partial charge in [0, 0.05) is 16.5 Å². The molecular weight excluding hydrogens is 402 g/mol. The van der Waals surface area contributed by atoms with Crippen molar-refractivity contribution < 1.29 is 4.74 Å². The molecule has 1 fully saturated rings. The highest BCUT2D eigenvalue weighted by Crippen LogP contribution is 2.38. The number of hydrogen-bond acceptors (Lipinski definition) is 1. The number of fused-ring (bicyclic) bond motifs is 1. The zero-order chi connectivity index (χ0) is 22.0. The molecule has 0 N–H and O–H groups in total. The average molecular weight is 428 g/mol. The summed E-state index contributed by atoms with van der Waals surface area (Å²) in [6, 6.07) is 40.8. The van der Waals surface area contributed by atoms with Crippen molar-refractivity contribution in [2.45, 2.75) is 12.6 Å². The van der Waals surface area contributed by atoms with Crippen LogP contribution in [0.1, 0.15) is 16.7 Å². The lowest BCUT2D eigenvalue weighted by molar-refractivity contribution is 0.386. The van der Waals surface area contributed by atoms with E-state index in [1.54, 1.807) is 0 Å². The van der Waals surface area contributed by atoms with Crippen LogP contribution in [0.15, 0.2) is 115 Å². The summed E-state index contributed by atoms with van der Waals surface area (Å²) in [6.07, 6.45) is 2.67. The highest BCUT2D eigenvalue weighted by Gasteiger charge is 2.27. The number of benzene rings is 4. The Hall–Kier alpha value is -3.88. The van der Waals surface area contributed by atoms with Gasteiger partial charge in [-0.25, -0.2) is 0 Å². The minimum atomic E-state index is 0.294. The molecular formula is C31H25NO. The van der Waals surface area contributed by atoms with Gasteiger partial charge in [-0.1, -0.05) is 109 Å². The lowest BCUT2D eigenvalue weighted by Crippen LogP contribution is -2.05. The van der Waals surface area contributed by atoms with Crippen molar-refractivity contribution in [1.29, 1.82) is 0 Å². The van der Waals surface area contributed by atoms with Crippen molar-refractivity contribution in [3.8, 4) is 11.3 Å². The van der Waals surface area contributed by atoms with E-state index in [0.717, 1.165) is 13.2 Å². The molecule has 2 heterocycles. The summed E-state index contributed by atoms with van der Waals surface area (Å²) in [6.45, 7) is 1.70. The van der Waals surface area contributed by atoms with Crippen LogP contribution in [0.25, 0.3) is 33.8 Å². The third-order valence-corrected chi connectivity index (χ3v) is 6.30. The topological polar surface area (TPSA) is 17.5 Å². The molecule has 0 spiro atoms. The SMILES string of the molecule is C(=C(c1ccccc1)c1ccccc1)c1c(-c2ccccc2)n(CC2CO2)c2ccccc12. The summed E-state index contributed by atoms with van der Waals surface area (Å²) in [5, 5.41) is 1.27. The number of aromatic nitrogens is 1. The highest BCUT2D eigenvalue weighted by molar-refractivity contribution is 6.04. The molecule has 5 aromatic rings. The van der Waals surface area contributed by atoms with E-state index in [9.17, 15) is 0 Å². The van der Waals surface area contributed by atoms with E-state index in [1.165, 1.54) is 44.4 Å². The molecule has 1 saturated heterocycles. The van der Waals surface area contributed by atoms with E-state index in [0.29, 0.717) is 6.10 Å². The van der Waals surface area contributed by atoms with E-state index in [-0.39, 0.29) is 0 Å². The highest BCUT2D eigenvalue weighted by atomic mass is 16.6. The van der Waals surface area contributed by atoms with Crippen molar-refractivity contribution in [2.24, 2.45) is 0 Å². The van der Waals surface area contributed by atoms with Crippen LogP contribution in [-0.2, 0) is 11.3 Å². The number of para-hydroxylation sites is 1. The fourth-order valence-electron chi connectivity index (χ4n) is 4.66. The Morgan fingerprint density at radius 2 is 1.27 bits per heavy atom. The van der Waals surface area contributed by atoms with Gasteiger partial charge in [0.25, 0.3) is 0 Å². The largest absolute Gasteiger partial charge is 0.371 e. The summed E-state index contributed by atoms with van der Waals surface area (Å²) < 4.78 is 8.09. The van der Waals surface area contributed by atoms with E-state index >= 15 is 0 Å². The molecule has 1 aliphatic heterocycles. The van der Waals surface area contributed by atoms with Crippen molar-refractivity contribution in [3.05, 3.63) is 132 Å². The van der Waals surface area contributed by atoms with E-state index in [4.69, 9.17) is 4.74 Å². The Kier molecular flexibility index (Phi) is 5.14. The van der Waals surface area contributed by atoms with Crippen LogP contribution in [0.4, 0.5) is 0 Å². The standard InChI is InChI=1S/C31H25NO/c1-4-12-23(13-5-1)28(24-14-6-2-7-15-24)20-29-27-18-10-11-19-30(27)32(21-26-22-33-26)31(29)25-16-8-3-9-17-25/h1-20,26H,21-22H2. The van der Waals surface area contributed by atoms with Crippen LogP contribution < -0.4 is 0 Å². The average Bonchev–Trinajstić information content (AvgIpc) is 3.66. The van der Waals surface area contributed by atoms with Gasteiger partial charge in [0.1, 0.15) is 0 Å².